The van der Waals surface area contributed by atoms with Crippen molar-refractivity contribution in [1.29, 1.82) is 0 Å². The van der Waals surface area contributed by atoms with Crippen LogP contribution >= 0.6 is 0 Å². The van der Waals surface area contributed by atoms with Gasteiger partial charge in [-0.15, -0.1) is 0 Å². The largest absolute Gasteiger partial charge is 0.405 e. The maximum atomic E-state index is 12.6. The van der Waals surface area contributed by atoms with Gasteiger partial charge in [-0.3, -0.25) is 14.3 Å². The van der Waals surface area contributed by atoms with Gasteiger partial charge in [-0.05, 0) is 41.1 Å². The van der Waals surface area contributed by atoms with Crippen molar-refractivity contribution in [3.8, 4) is 0 Å². The van der Waals surface area contributed by atoms with E-state index in [4.69, 9.17) is 9.16 Å². The molecule has 1 N–H and O–H groups in total. The summed E-state index contributed by atoms with van der Waals surface area (Å²) < 4.78 is 15.2. The van der Waals surface area contributed by atoms with E-state index in [1.807, 2.05) is 12.1 Å². The standard InChI is InChI=1S/C29H38N2O4Si/c1-6-13-22-18-26(31-19-21(2)27(32)30-28(31)33)35-25(22)20-34-36(29(3,4)5,23-14-9-7-10-15-23)24-16-11-8-12-17-24/h7-12,14-17,19,22,25-26H,6,13,18,20H2,1-5H3,(H,30,32,33)/t22-,25+,26-/m0/s1. The third kappa shape index (κ3) is 5.05. The van der Waals surface area contributed by atoms with E-state index in [2.05, 4.69) is 81.2 Å². The van der Waals surface area contributed by atoms with E-state index in [9.17, 15) is 9.59 Å². The zero-order valence-corrected chi connectivity index (χ0v) is 23.0. The van der Waals surface area contributed by atoms with E-state index in [-0.39, 0.29) is 22.6 Å². The summed E-state index contributed by atoms with van der Waals surface area (Å²) in [5.74, 6) is 0.261. The first-order valence-corrected chi connectivity index (χ1v) is 14.8. The second-order valence-corrected chi connectivity index (χ2v) is 15.2. The molecule has 3 atom stereocenters. The predicted octanol–water partition coefficient (Wildman–Crippen LogP) is 4.13. The summed E-state index contributed by atoms with van der Waals surface area (Å²) in [6, 6.07) is 21.2. The highest BCUT2D eigenvalue weighted by atomic mass is 28.4. The van der Waals surface area contributed by atoms with Crippen LogP contribution in [0.15, 0.2) is 76.4 Å². The van der Waals surface area contributed by atoms with E-state index in [1.165, 1.54) is 14.9 Å². The zero-order valence-electron chi connectivity index (χ0n) is 22.0. The van der Waals surface area contributed by atoms with Crippen molar-refractivity contribution < 1.29 is 9.16 Å². The molecule has 1 saturated heterocycles. The minimum Gasteiger partial charge on any atom is -0.405 e. The molecule has 0 saturated carbocycles. The smallest absolute Gasteiger partial charge is 0.330 e. The number of rotatable bonds is 8. The lowest BCUT2D eigenvalue weighted by atomic mass is 9.96. The minimum absolute atomic E-state index is 0.124. The number of benzene rings is 2. The fraction of sp³-hybridized carbons (Fsp3) is 0.448. The lowest BCUT2D eigenvalue weighted by molar-refractivity contribution is -0.0300. The van der Waals surface area contributed by atoms with Crippen molar-refractivity contribution >= 4 is 18.7 Å². The number of H-pyrrole nitrogens is 1. The van der Waals surface area contributed by atoms with Crippen LogP contribution in [0.3, 0.4) is 0 Å². The fourth-order valence-electron chi connectivity index (χ4n) is 5.58. The molecular weight excluding hydrogens is 468 g/mol. The van der Waals surface area contributed by atoms with Gasteiger partial charge in [0.05, 0.1) is 12.7 Å². The van der Waals surface area contributed by atoms with Gasteiger partial charge in [0.15, 0.2) is 0 Å². The molecule has 1 aromatic heterocycles. The molecule has 192 valence electrons. The molecule has 1 aliphatic rings. The van der Waals surface area contributed by atoms with Gasteiger partial charge in [0.2, 0.25) is 0 Å². The van der Waals surface area contributed by atoms with Crippen LogP contribution in [0.1, 0.15) is 58.7 Å². The quantitative estimate of drug-likeness (QED) is 0.467. The van der Waals surface area contributed by atoms with Gasteiger partial charge in [-0.2, -0.15) is 0 Å². The number of nitrogens with zero attached hydrogens (tertiary/aromatic N) is 1. The van der Waals surface area contributed by atoms with Crippen molar-refractivity contribution in [3.05, 3.63) is 93.3 Å². The summed E-state index contributed by atoms with van der Waals surface area (Å²) in [4.78, 5) is 26.9. The molecule has 36 heavy (non-hydrogen) atoms. The van der Waals surface area contributed by atoms with E-state index in [1.54, 1.807) is 13.1 Å². The molecule has 0 aliphatic carbocycles. The first-order valence-electron chi connectivity index (χ1n) is 12.9. The summed E-state index contributed by atoms with van der Waals surface area (Å²) in [7, 11) is -2.69. The molecular formula is C29H38N2O4Si. The molecule has 0 amide bonds. The highest BCUT2D eigenvalue weighted by molar-refractivity contribution is 6.99. The van der Waals surface area contributed by atoms with Gasteiger partial charge in [-0.25, -0.2) is 4.79 Å². The van der Waals surface area contributed by atoms with E-state index >= 15 is 0 Å². The van der Waals surface area contributed by atoms with Gasteiger partial charge in [0.1, 0.15) is 6.23 Å². The average molecular weight is 507 g/mol. The maximum Gasteiger partial charge on any atom is 0.330 e. The Labute approximate surface area is 214 Å². The summed E-state index contributed by atoms with van der Waals surface area (Å²) in [5.41, 5.74) is -0.289. The Morgan fingerprint density at radius 3 is 2.14 bits per heavy atom. The molecule has 7 heteroatoms. The van der Waals surface area contributed by atoms with Gasteiger partial charge < -0.3 is 9.16 Å². The van der Waals surface area contributed by atoms with Crippen LogP contribution in [-0.2, 0) is 9.16 Å². The summed E-state index contributed by atoms with van der Waals surface area (Å²) in [5, 5.41) is 2.34. The molecule has 3 aromatic rings. The normalized spacial score (nSPS) is 20.5. The van der Waals surface area contributed by atoms with E-state index < -0.39 is 20.2 Å². The number of hydrogen-bond acceptors (Lipinski definition) is 4. The number of aryl methyl sites for hydroxylation is 1. The lowest BCUT2D eigenvalue weighted by Gasteiger charge is -2.43. The fourth-order valence-corrected chi connectivity index (χ4v) is 10.1. The van der Waals surface area contributed by atoms with E-state index in [0.717, 1.165) is 12.8 Å². The van der Waals surface area contributed by atoms with Crippen LogP contribution < -0.4 is 21.6 Å². The first-order chi connectivity index (χ1) is 17.2. The molecule has 2 aromatic carbocycles. The number of aromatic nitrogens is 2. The summed E-state index contributed by atoms with van der Waals surface area (Å²) in [6.45, 7) is 11.1. The predicted molar refractivity (Wildman–Crippen MR) is 147 cm³/mol. The molecule has 0 unspecified atom stereocenters. The Morgan fingerprint density at radius 2 is 1.61 bits per heavy atom. The second-order valence-electron chi connectivity index (χ2n) is 10.9. The van der Waals surface area contributed by atoms with Crippen LogP contribution in [0.4, 0.5) is 0 Å². The number of nitrogens with one attached hydrogen (secondary N) is 1. The highest BCUT2D eigenvalue weighted by Gasteiger charge is 2.51. The molecule has 1 fully saturated rings. The molecule has 0 radical (unpaired) electrons. The Morgan fingerprint density at radius 1 is 1.03 bits per heavy atom. The molecule has 0 spiro atoms. The van der Waals surface area contributed by atoms with Gasteiger partial charge in [-0.1, -0.05) is 94.8 Å². The van der Waals surface area contributed by atoms with Gasteiger partial charge in [0, 0.05) is 11.8 Å². The lowest BCUT2D eigenvalue weighted by Crippen LogP contribution is -2.67. The number of hydrogen-bond donors (Lipinski definition) is 1. The van der Waals surface area contributed by atoms with Crippen molar-refractivity contribution in [2.45, 2.75) is 71.3 Å². The minimum atomic E-state index is -2.69. The molecule has 2 heterocycles. The first kappa shape index (κ1) is 26.3. The molecule has 6 nitrogen and oxygen atoms in total. The summed E-state index contributed by atoms with van der Waals surface area (Å²) in [6.07, 6.45) is 3.78. The van der Waals surface area contributed by atoms with Gasteiger partial charge in [0.25, 0.3) is 13.9 Å². The Balaban J connectivity index is 1.69. The number of ether oxygens (including phenoxy) is 1. The molecule has 0 bridgehead atoms. The Bertz CT molecular complexity index is 1220. The average Bonchev–Trinajstić information content (AvgIpc) is 3.25. The summed E-state index contributed by atoms with van der Waals surface area (Å²) >= 11 is 0. The van der Waals surface area contributed by atoms with Crippen molar-refractivity contribution in [3.63, 3.8) is 0 Å². The second kappa shape index (κ2) is 10.7. The zero-order chi connectivity index (χ0) is 25.9. The third-order valence-corrected chi connectivity index (χ3v) is 12.4. The third-order valence-electron chi connectivity index (χ3n) is 7.36. The van der Waals surface area contributed by atoms with Crippen molar-refractivity contribution in [1.82, 2.24) is 9.55 Å². The SMILES string of the molecule is CCC[C@H]1C[C@@H](n2cc(C)c(=O)[nH]c2=O)O[C@@H]1CO[Si](c1ccccc1)(c1ccccc1)C(C)(C)C. The maximum absolute atomic E-state index is 12.6. The van der Waals surface area contributed by atoms with Crippen LogP contribution in [0.25, 0.3) is 0 Å². The molecule has 4 rings (SSSR count). The Hall–Kier alpha value is -2.74. The van der Waals surface area contributed by atoms with Crippen LogP contribution in [-0.4, -0.2) is 30.6 Å². The monoisotopic (exact) mass is 506 g/mol. The van der Waals surface area contributed by atoms with Crippen molar-refractivity contribution in [2.24, 2.45) is 5.92 Å². The Kier molecular flexibility index (Phi) is 7.83. The van der Waals surface area contributed by atoms with E-state index in [0.29, 0.717) is 18.6 Å². The number of aromatic amines is 1. The van der Waals surface area contributed by atoms with Crippen LogP contribution in [0, 0.1) is 12.8 Å². The van der Waals surface area contributed by atoms with Gasteiger partial charge >= 0.3 is 5.69 Å². The van der Waals surface area contributed by atoms with Crippen molar-refractivity contribution in [2.75, 3.05) is 6.61 Å². The highest BCUT2D eigenvalue weighted by Crippen LogP contribution is 2.40. The molecule has 1 aliphatic heterocycles. The topological polar surface area (TPSA) is 73.3 Å². The van der Waals surface area contributed by atoms with Crippen LogP contribution in [0.5, 0.6) is 0 Å². The van der Waals surface area contributed by atoms with Crippen LogP contribution in [0.2, 0.25) is 5.04 Å².